The molecule has 0 aromatic carbocycles. The van der Waals surface area contributed by atoms with E-state index in [9.17, 15) is 4.79 Å². The summed E-state index contributed by atoms with van der Waals surface area (Å²) in [6.45, 7) is 11.1. The summed E-state index contributed by atoms with van der Waals surface area (Å²) < 4.78 is 0. The van der Waals surface area contributed by atoms with E-state index in [0.29, 0.717) is 29.7 Å². The van der Waals surface area contributed by atoms with Gasteiger partial charge in [-0.25, -0.2) is 0 Å². The molecule has 0 heterocycles. The molecule has 0 bridgehead atoms. The lowest BCUT2D eigenvalue weighted by atomic mass is 9.69. The van der Waals surface area contributed by atoms with Gasteiger partial charge >= 0.3 is 0 Å². The fraction of sp³-hybridized carbons (Fsp3) is 0.938. The molecule has 1 aliphatic carbocycles. The SMILES string of the molecule is CCC(CC)NC(=O)C1CC(C)CCC1C(C)C. The van der Waals surface area contributed by atoms with Gasteiger partial charge in [0, 0.05) is 12.0 Å². The van der Waals surface area contributed by atoms with Crippen LogP contribution in [0.25, 0.3) is 0 Å². The Balaban J connectivity index is 2.66. The molecule has 0 aromatic heterocycles. The Kier molecular flexibility index (Phi) is 6.17. The molecule has 3 unspecified atom stereocenters. The molecule has 1 rings (SSSR count). The van der Waals surface area contributed by atoms with Gasteiger partial charge in [-0.3, -0.25) is 4.79 Å². The number of hydrogen-bond donors (Lipinski definition) is 1. The Bertz CT molecular complexity index is 258. The quantitative estimate of drug-likeness (QED) is 0.788. The maximum Gasteiger partial charge on any atom is 0.223 e. The fourth-order valence-electron chi connectivity index (χ4n) is 3.30. The molecule has 1 amide bonds. The average Bonchev–Trinajstić information content (AvgIpc) is 2.35. The van der Waals surface area contributed by atoms with Gasteiger partial charge in [0.1, 0.15) is 0 Å². The molecule has 2 nitrogen and oxygen atoms in total. The van der Waals surface area contributed by atoms with Crippen molar-refractivity contribution in [1.29, 1.82) is 0 Å². The molecular weight excluding hydrogens is 222 g/mol. The van der Waals surface area contributed by atoms with Crippen molar-refractivity contribution in [1.82, 2.24) is 5.32 Å². The highest BCUT2D eigenvalue weighted by molar-refractivity contribution is 5.79. The standard InChI is InChI=1S/C16H31NO/c1-6-13(7-2)17-16(18)15-10-12(5)8-9-14(15)11(3)4/h11-15H,6-10H2,1-5H3,(H,17,18). The Labute approximate surface area is 113 Å². The van der Waals surface area contributed by atoms with E-state index in [1.165, 1.54) is 12.8 Å². The molecule has 0 spiro atoms. The first-order chi connectivity index (χ1) is 8.49. The highest BCUT2D eigenvalue weighted by atomic mass is 16.1. The highest BCUT2D eigenvalue weighted by Gasteiger charge is 2.35. The fourth-order valence-corrected chi connectivity index (χ4v) is 3.30. The van der Waals surface area contributed by atoms with Crippen molar-refractivity contribution in [3.63, 3.8) is 0 Å². The maximum atomic E-state index is 12.5. The molecule has 1 aliphatic rings. The van der Waals surface area contributed by atoms with E-state index in [1.807, 2.05) is 0 Å². The molecule has 0 radical (unpaired) electrons. The summed E-state index contributed by atoms with van der Waals surface area (Å²) in [6.07, 6.45) is 5.67. The first kappa shape index (κ1) is 15.5. The Morgan fingerprint density at radius 2 is 1.83 bits per heavy atom. The van der Waals surface area contributed by atoms with Crippen molar-refractivity contribution in [2.75, 3.05) is 0 Å². The van der Waals surface area contributed by atoms with Gasteiger partial charge in [-0.1, -0.05) is 41.0 Å². The summed E-state index contributed by atoms with van der Waals surface area (Å²) >= 11 is 0. The minimum atomic E-state index is 0.245. The lowest BCUT2D eigenvalue weighted by Crippen LogP contribution is -2.44. The molecule has 106 valence electrons. The van der Waals surface area contributed by atoms with Gasteiger partial charge < -0.3 is 5.32 Å². The van der Waals surface area contributed by atoms with Crippen LogP contribution >= 0.6 is 0 Å². The summed E-state index contributed by atoms with van der Waals surface area (Å²) in [5, 5.41) is 3.25. The Hall–Kier alpha value is -0.530. The second-order valence-corrected chi connectivity index (χ2v) is 6.45. The van der Waals surface area contributed by atoms with Crippen molar-refractivity contribution in [2.24, 2.45) is 23.7 Å². The van der Waals surface area contributed by atoms with Crippen LogP contribution in [0.1, 0.15) is 66.7 Å². The van der Waals surface area contributed by atoms with Crippen molar-refractivity contribution in [3.8, 4) is 0 Å². The molecule has 1 N–H and O–H groups in total. The lowest BCUT2D eigenvalue weighted by Gasteiger charge is -2.37. The predicted octanol–water partition coefficient (Wildman–Crippen LogP) is 4.00. The summed E-state index contributed by atoms with van der Waals surface area (Å²) in [5.41, 5.74) is 0. The lowest BCUT2D eigenvalue weighted by molar-refractivity contribution is -0.130. The van der Waals surface area contributed by atoms with E-state index in [0.717, 1.165) is 19.3 Å². The largest absolute Gasteiger partial charge is 0.353 e. The van der Waals surface area contributed by atoms with Crippen LogP contribution in [0.5, 0.6) is 0 Å². The van der Waals surface area contributed by atoms with Gasteiger partial charge in [0.15, 0.2) is 0 Å². The van der Waals surface area contributed by atoms with Gasteiger partial charge in [0.25, 0.3) is 0 Å². The van der Waals surface area contributed by atoms with Crippen LogP contribution in [-0.4, -0.2) is 11.9 Å². The van der Waals surface area contributed by atoms with Gasteiger partial charge in [0.2, 0.25) is 5.91 Å². The zero-order valence-corrected chi connectivity index (χ0v) is 12.8. The molecule has 0 aromatic rings. The summed E-state index contributed by atoms with van der Waals surface area (Å²) in [5.74, 6) is 2.46. The van der Waals surface area contributed by atoms with Crippen molar-refractivity contribution in [3.05, 3.63) is 0 Å². The molecule has 2 heteroatoms. The first-order valence-corrected chi connectivity index (χ1v) is 7.79. The van der Waals surface area contributed by atoms with Crippen LogP contribution in [-0.2, 0) is 4.79 Å². The number of amides is 1. The van der Waals surface area contributed by atoms with Gasteiger partial charge in [-0.15, -0.1) is 0 Å². The zero-order chi connectivity index (χ0) is 13.7. The third-order valence-corrected chi connectivity index (χ3v) is 4.69. The van der Waals surface area contributed by atoms with E-state index >= 15 is 0 Å². The van der Waals surface area contributed by atoms with Crippen molar-refractivity contribution >= 4 is 5.91 Å². The van der Waals surface area contributed by atoms with Crippen LogP contribution < -0.4 is 5.32 Å². The third kappa shape index (κ3) is 4.00. The van der Waals surface area contributed by atoms with E-state index in [1.54, 1.807) is 0 Å². The van der Waals surface area contributed by atoms with Crippen molar-refractivity contribution in [2.45, 2.75) is 72.8 Å². The van der Waals surface area contributed by atoms with E-state index in [4.69, 9.17) is 0 Å². The predicted molar refractivity (Wildman–Crippen MR) is 77.3 cm³/mol. The van der Waals surface area contributed by atoms with Gasteiger partial charge in [0.05, 0.1) is 0 Å². The zero-order valence-electron chi connectivity index (χ0n) is 12.8. The highest BCUT2D eigenvalue weighted by Crippen LogP contribution is 2.38. The molecule has 18 heavy (non-hydrogen) atoms. The minimum Gasteiger partial charge on any atom is -0.353 e. The van der Waals surface area contributed by atoms with E-state index in [2.05, 4.69) is 39.9 Å². The van der Waals surface area contributed by atoms with E-state index < -0.39 is 0 Å². The summed E-state index contributed by atoms with van der Waals surface area (Å²) in [6, 6.07) is 0.363. The van der Waals surface area contributed by atoms with Crippen LogP contribution in [0.2, 0.25) is 0 Å². The molecule has 3 atom stereocenters. The minimum absolute atomic E-state index is 0.245. The average molecular weight is 253 g/mol. The molecule has 0 aliphatic heterocycles. The topological polar surface area (TPSA) is 29.1 Å². The van der Waals surface area contributed by atoms with Crippen LogP contribution in [0.3, 0.4) is 0 Å². The number of hydrogen-bond acceptors (Lipinski definition) is 1. The van der Waals surface area contributed by atoms with Crippen molar-refractivity contribution < 1.29 is 4.79 Å². The third-order valence-electron chi connectivity index (χ3n) is 4.69. The second-order valence-electron chi connectivity index (χ2n) is 6.45. The smallest absolute Gasteiger partial charge is 0.223 e. The summed E-state index contributed by atoms with van der Waals surface area (Å²) in [7, 11) is 0. The molecule has 1 saturated carbocycles. The number of nitrogens with one attached hydrogen (secondary N) is 1. The number of rotatable bonds is 5. The molecule has 1 fully saturated rings. The monoisotopic (exact) mass is 253 g/mol. The first-order valence-electron chi connectivity index (χ1n) is 7.79. The maximum absolute atomic E-state index is 12.5. The Morgan fingerprint density at radius 1 is 1.22 bits per heavy atom. The van der Waals surface area contributed by atoms with Gasteiger partial charge in [-0.05, 0) is 43.4 Å². The summed E-state index contributed by atoms with van der Waals surface area (Å²) in [4.78, 5) is 12.5. The van der Waals surface area contributed by atoms with Crippen LogP contribution in [0, 0.1) is 23.7 Å². The second kappa shape index (κ2) is 7.16. The van der Waals surface area contributed by atoms with Crippen LogP contribution in [0.15, 0.2) is 0 Å². The van der Waals surface area contributed by atoms with E-state index in [-0.39, 0.29) is 5.92 Å². The van der Waals surface area contributed by atoms with Crippen LogP contribution in [0.4, 0.5) is 0 Å². The van der Waals surface area contributed by atoms with Gasteiger partial charge in [-0.2, -0.15) is 0 Å². The normalized spacial score (nSPS) is 28.7. The Morgan fingerprint density at radius 3 is 2.33 bits per heavy atom. The molecule has 0 saturated heterocycles. The number of carbonyl (C=O) groups is 1. The number of carbonyl (C=O) groups excluding carboxylic acids is 1. The molecular formula is C16H31NO.